The Morgan fingerprint density at radius 3 is 2.75 bits per heavy atom. The van der Waals surface area contributed by atoms with Crippen LogP contribution < -0.4 is 4.90 Å². The molecule has 5 nitrogen and oxygen atoms in total. The van der Waals surface area contributed by atoms with Crippen LogP contribution in [0.25, 0.3) is 10.9 Å². The minimum Gasteiger partial charge on any atom is -0.345 e. The summed E-state index contributed by atoms with van der Waals surface area (Å²) < 4.78 is 0. The van der Waals surface area contributed by atoms with E-state index in [0.29, 0.717) is 18.4 Å². The number of carbonyl (C=O) groups excluding carboxylic acids is 1. The first-order valence-electron chi connectivity index (χ1n) is 14.0. The van der Waals surface area contributed by atoms with Crippen molar-refractivity contribution < 1.29 is 4.79 Å². The number of carbonyl (C=O) groups is 1. The van der Waals surface area contributed by atoms with E-state index in [0.717, 1.165) is 35.3 Å². The number of anilines is 1. The Hall–Kier alpha value is -2.31. The summed E-state index contributed by atoms with van der Waals surface area (Å²) >= 11 is 1.95. The second-order valence-corrected chi connectivity index (χ2v) is 12.3. The first kappa shape index (κ1) is 24.1. The van der Waals surface area contributed by atoms with Gasteiger partial charge in [-0.1, -0.05) is 31.0 Å². The molecule has 1 unspecified atom stereocenters. The zero-order valence-electron chi connectivity index (χ0n) is 21.5. The normalized spacial score (nSPS) is 24.8. The summed E-state index contributed by atoms with van der Waals surface area (Å²) in [6, 6.07) is 10.5. The molecule has 0 N–H and O–H groups in total. The Morgan fingerprint density at radius 2 is 1.92 bits per heavy atom. The van der Waals surface area contributed by atoms with Crippen LogP contribution in [0.3, 0.4) is 0 Å². The van der Waals surface area contributed by atoms with E-state index in [2.05, 4.69) is 21.7 Å². The number of fused-ring (bicyclic) bond motifs is 2. The Labute approximate surface area is 218 Å². The first-order chi connectivity index (χ1) is 17.6. The van der Waals surface area contributed by atoms with Gasteiger partial charge in [0.15, 0.2) is 10.9 Å². The molecule has 0 amide bonds. The fourth-order valence-electron chi connectivity index (χ4n) is 6.58. The third-order valence-electron chi connectivity index (χ3n) is 8.83. The van der Waals surface area contributed by atoms with Crippen LogP contribution in [0.5, 0.6) is 0 Å². The number of hydrogen-bond acceptors (Lipinski definition) is 6. The van der Waals surface area contributed by atoms with E-state index >= 15 is 0 Å². The summed E-state index contributed by atoms with van der Waals surface area (Å²) in [7, 11) is 0. The lowest BCUT2D eigenvalue weighted by Crippen LogP contribution is -2.32. The molecule has 36 heavy (non-hydrogen) atoms. The molecule has 3 aromatic rings. The van der Waals surface area contributed by atoms with Gasteiger partial charge in [0.25, 0.3) is 0 Å². The van der Waals surface area contributed by atoms with Crippen LogP contribution >= 0.6 is 11.3 Å². The number of rotatable bonds is 7. The molecule has 4 heterocycles. The average Bonchev–Trinajstić information content (AvgIpc) is 3.53. The largest absolute Gasteiger partial charge is 0.345 e. The summed E-state index contributed by atoms with van der Waals surface area (Å²) in [5, 5.41) is 2.25. The standard InChI is InChI=1S/C30H38N4OS/c1-21-5-4-16-34(21)30-32-27-20-33(18-14-29(27)36-30)17-13-22-9-11-23(12-10-22)19-28(35)25-6-2-8-26-24(25)7-3-15-31-26/h2-3,6-8,15,21-23H,4-5,9-14,16-20H2,1H3. The van der Waals surface area contributed by atoms with Crippen LogP contribution in [0.4, 0.5) is 5.13 Å². The summed E-state index contributed by atoms with van der Waals surface area (Å²) in [5.74, 6) is 1.61. The Morgan fingerprint density at radius 1 is 1.06 bits per heavy atom. The fourth-order valence-corrected chi connectivity index (χ4v) is 7.76. The molecule has 190 valence electrons. The van der Waals surface area contributed by atoms with Crippen LogP contribution in [0.15, 0.2) is 36.5 Å². The Balaban J connectivity index is 0.969. The number of thiazole rings is 1. The van der Waals surface area contributed by atoms with Crippen molar-refractivity contribution in [2.45, 2.75) is 77.3 Å². The molecule has 1 saturated heterocycles. The highest BCUT2D eigenvalue weighted by Crippen LogP contribution is 2.36. The lowest BCUT2D eigenvalue weighted by Gasteiger charge is -2.31. The first-order valence-corrected chi connectivity index (χ1v) is 14.8. The van der Waals surface area contributed by atoms with Crippen molar-refractivity contribution in [2.75, 3.05) is 24.5 Å². The molecule has 0 bridgehead atoms. The predicted octanol–water partition coefficient (Wildman–Crippen LogP) is 6.51. The van der Waals surface area contributed by atoms with Crippen LogP contribution in [0.2, 0.25) is 0 Å². The zero-order chi connectivity index (χ0) is 24.5. The van der Waals surface area contributed by atoms with E-state index in [4.69, 9.17) is 4.98 Å². The molecule has 1 aliphatic carbocycles. The van der Waals surface area contributed by atoms with E-state index in [1.54, 1.807) is 6.20 Å². The maximum Gasteiger partial charge on any atom is 0.186 e. The van der Waals surface area contributed by atoms with E-state index < -0.39 is 0 Å². The molecule has 2 fully saturated rings. The number of ketones is 1. The molecule has 3 aliphatic rings. The number of hydrogen-bond donors (Lipinski definition) is 0. The third-order valence-corrected chi connectivity index (χ3v) is 10.0. The number of nitrogens with zero attached hydrogens (tertiary/aromatic N) is 4. The van der Waals surface area contributed by atoms with Gasteiger partial charge in [-0.2, -0.15) is 0 Å². The van der Waals surface area contributed by atoms with Gasteiger partial charge >= 0.3 is 0 Å². The number of benzene rings is 1. The predicted molar refractivity (Wildman–Crippen MR) is 148 cm³/mol. The molecular formula is C30H38N4OS. The number of pyridine rings is 1. The second-order valence-electron chi connectivity index (χ2n) is 11.3. The summed E-state index contributed by atoms with van der Waals surface area (Å²) in [4.78, 5) is 29.3. The Kier molecular flexibility index (Phi) is 7.07. The highest BCUT2D eigenvalue weighted by atomic mass is 32.1. The molecule has 1 aromatic carbocycles. The maximum atomic E-state index is 13.1. The maximum absolute atomic E-state index is 13.1. The molecule has 6 heteroatoms. The highest BCUT2D eigenvalue weighted by molar-refractivity contribution is 7.15. The van der Waals surface area contributed by atoms with Gasteiger partial charge < -0.3 is 4.90 Å². The quantitative estimate of drug-likeness (QED) is 0.345. The molecule has 1 saturated carbocycles. The van der Waals surface area contributed by atoms with Gasteiger partial charge in [0.05, 0.1) is 11.2 Å². The van der Waals surface area contributed by atoms with Crippen molar-refractivity contribution in [3.05, 3.63) is 52.7 Å². The van der Waals surface area contributed by atoms with Gasteiger partial charge in [-0.25, -0.2) is 4.98 Å². The lowest BCUT2D eigenvalue weighted by atomic mass is 9.78. The topological polar surface area (TPSA) is 49.3 Å². The van der Waals surface area contributed by atoms with Gasteiger partial charge in [0.1, 0.15) is 0 Å². The molecule has 6 rings (SSSR count). The van der Waals surface area contributed by atoms with E-state index in [9.17, 15) is 4.79 Å². The van der Waals surface area contributed by atoms with Crippen molar-refractivity contribution in [1.82, 2.24) is 14.9 Å². The molecule has 1 atom stereocenters. The van der Waals surface area contributed by atoms with Gasteiger partial charge in [-0.15, -0.1) is 11.3 Å². The van der Waals surface area contributed by atoms with Crippen molar-refractivity contribution >= 4 is 33.2 Å². The zero-order valence-corrected chi connectivity index (χ0v) is 22.3. The summed E-state index contributed by atoms with van der Waals surface area (Å²) in [6.07, 6.45) is 12.4. The summed E-state index contributed by atoms with van der Waals surface area (Å²) in [5.41, 5.74) is 3.10. The van der Waals surface area contributed by atoms with Crippen LogP contribution in [-0.4, -0.2) is 46.3 Å². The van der Waals surface area contributed by atoms with Crippen molar-refractivity contribution in [3.63, 3.8) is 0 Å². The third kappa shape index (κ3) is 5.08. The van der Waals surface area contributed by atoms with Gasteiger partial charge in [0, 0.05) is 54.1 Å². The van der Waals surface area contributed by atoms with E-state index in [1.807, 2.05) is 41.7 Å². The van der Waals surface area contributed by atoms with Crippen LogP contribution in [0.1, 0.15) is 79.2 Å². The van der Waals surface area contributed by atoms with Crippen molar-refractivity contribution in [1.29, 1.82) is 0 Å². The van der Waals surface area contributed by atoms with Crippen LogP contribution in [-0.2, 0) is 13.0 Å². The van der Waals surface area contributed by atoms with Crippen molar-refractivity contribution in [2.24, 2.45) is 11.8 Å². The SMILES string of the molecule is CC1CCCN1c1nc2c(s1)CCN(CCC1CCC(CC(=O)c3cccc4ncccc34)CC1)C2. The fraction of sp³-hybridized carbons (Fsp3) is 0.567. The Bertz CT molecular complexity index is 1210. The van der Waals surface area contributed by atoms with E-state index in [-0.39, 0.29) is 5.78 Å². The smallest absolute Gasteiger partial charge is 0.186 e. The molecule has 2 aliphatic heterocycles. The van der Waals surface area contributed by atoms with Crippen molar-refractivity contribution in [3.8, 4) is 0 Å². The lowest BCUT2D eigenvalue weighted by molar-refractivity contribution is 0.0941. The molecule has 0 spiro atoms. The van der Waals surface area contributed by atoms with Gasteiger partial charge in [-0.3, -0.25) is 14.7 Å². The van der Waals surface area contributed by atoms with Gasteiger partial charge in [0.2, 0.25) is 0 Å². The molecular weight excluding hydrogens is 464 g/mol. The number of aromatic nitrogens is 2. The minimum absolute atomic E-state index is 0.284. The average molecular weight is 503 g/mol. The second kappa shape index (κ2) is 10.6. The number of Topliss-reactive ketones (excluding diaryl/α,β-unsaturated/α-hetero) is 1. The summed E-state index contributed by atoms with van der Waals surface area (Å²) in [6.45, 7) is 6.89. The van der Waals surface area contributed by atoms with Gasteiger partial charge in [-0.05, 0) is 76.0 Å². The monoisotopic (exact) mass is 502 g/mol. The molecule has 2 aromatic heterocycles. The minimum atomic E-state index is 0.284. The highest BCUT2D eigenvalue weighted by Gasteiger charge is 2.28. The molecule has 0 radical (unpaired) electrons. The van der Waals surface area contributed by atoms with Crippen LogP contribution in [0, 0.1) is 11.8 Å². The van der Waals surface area contributed by atoms with E-state index in [1.165, 1.54) is 80.3 Å².